The molecule has 0 aliphatic carbocycles. The molecule has 5 heterocycles. The Hall–Kier alpha value is -1.93. The van der Waals surface area contributed by atoms with E-state index >= 15 is 0 Å². The monoisotopic (exact) mass is 405 g/mol. The maximum Gasteiger partial charge on any atom is 0.252 e. The minimum Gasteiger partial charge on any atom is -1.00 e. The van der Waals surface area contributed by atoms with Gasteiger partial charge in [-0.05, 0) is 11.4 Å². The fourth-order valence-corrected chi connectivity index (χ4v) is 5.55. The van der Waals surface area contributed by atoms with Gasteiger partial charge in [-0.15, -0.1) is 22.7 Å². The van der Waals surface area contributed by atoms with E-state index in [1.54, 1.807) is 11.3 Å². The molecule has 1 aliphatic heterocycles. The third-order valence-electron chi connectivity index (χ3n) is 4.81. The lowest BCUT2D eigenvalue weighted by Crippen LogP contribution is -3.08. The predicted molar refractivity (Wildman–Crippen MR) is 102 cm³/mol. The number of nitrogens with zero attached hydrogens (tertiary/aromatic N) is 1. The van der Waals surface area contributed by atoms with Crippen LogP contribution in [0.1, 0.15) is 11.3 Å². The van der Waals surface area contributed by atoms with E-state index in [4.69, 9.17) is 4.98 Å². The van der Waals surface area contributed by atoms with Gasteiger partial charge in [-0.2, -0.15) is 0 Å². The first-order valence-corrected chi connectivity index (χ1v) is 9.87. The van der Waals surface area contributed by atoms with Gasteiger partial charge < -0.3 is 27.4 Å². The number of rotatable bonds is 1. The van der Waals surface area contributed by atoms with Crippen molar-refractivity contribution in [2.75, 3.05) is 13.6 Å². The van der Waals surface area contributed by atoms with Gasteiger partial charge >= 0.3 is 0 Å². The number of nitrogens with one attached hydrogen (secondary N) is 2. The first-order valence-electron chi connectivity index (χ1n) is 8.17. The van der Waals surface area contributed by atoms with E-state index in [9.17, 15) is 9.90 Å². The van der Waals surface area contributed by atoms with E-state index in [1.807, 2.05) is 6.07 Å². The number of H-pyrrole nitrogens is 1. The molecule has 0 radical (unpaired) electrons. The second-order valence-electron chi connectivity index (χ2n) is 6.53. The van der Waals surface area contributed by atoms with Crippen LogP contribution in [0.5, 0.6) is 5.75 Å². The highest BCUT2D eigenvalue weighted by atomic mass is 35.5. The van der Waals surface area contributed by atoms with Crippen LogP contribution in [0.4, 0.5) is 0 Å². The second-order valence-corrected chi connectivity index (χ2v) is 8.48. The van der Waals surface area contributed by atoms with Crippen molar-refractivity contribution in [3.8, 4) is 16.2 Å². The standard InChI is InChI=1S/C18H15N3O2S2.ClH/c1-21-5-4-10-9(8-21)14(12-3-2-6-24-12)15-16-17(25-18(15)19-10)11(22)7-13(23)20-16;/h2-3,6-7H,4-5,8H2,1H3,(H2,20,22,23);1H. The van der Waals surface area contributed by atoms with E-state index in [2.05, 4.69) is 23.5 Å². The van der Waals surface area contributed by atoms with Crippen molar-refractivity contribution in [1.29, 1.82) is 0 Å². The molecule has 4 aromatic heterocycles. The summed E-state index contributed by atoms with van der Waals surface area (Å²) in [5.41, 5.74) is 3.99. The maximum absolute atomic E-state index is 12.0. The van der Waals surface area contributed by atoms with Gasteiger partial charge in [0.2, 0.25) is 0 Å². The molecule has 1 unspecified atom stereocenters. The highest BCUT2D eigenvalue weighted by Gasteiger charge is 2.27. The third kappa shape index (κ3) is 2.54. The van der Waals surface area contributed by atoms with Gasteiger partial charge in [0.25, 0.3) is 5.56 Å². The Morgan fingerprint density at radius 1 is 1.38 bits per heavy atom. The number of likely N-dealkylation sites (N-methyl/N-ethyl adjacent to an activating group) is 1. The number of thiophene rings is 2. The van der Waals surface area contributed by atoms with Gasteiger partial charge in [0.05, 0.1) is 29.5 Å². The van der Waals surface area contributed by atoms with Crippen molar-refractivity contribution in [1.82, 2.24) is 9.97 Å². The molecule has 0 aromatic carbocycles. The van der Waals surface area contributed by atoms with Crippen LogP contribution in [0.15, 0.2) is 28.4 Å². The highest BCUT2D eigenvalue weighted by Crippen LogP contribution is 2.44. The summed E-state index contributed by atoms with van der Waals surface area (Å²) in [6.45, 7) is 1.99. The molecule has 26 heavy (non-hydrogen) atoms. The summed E-state index contributed by atoms with van der Waals surface area (Å²) < 4.78 is 0.697. The van der Waals surface area contributed by atoms with Crippen LogP contribution in [0.25, 0.3) is 30.9 Å². The first kappa shape index (κ1) is 17.5. The van der Waals surface area contributed by atoms with Crippen molar-refractivity contribution in [2.45, 2.75) is 13.0 Å². The van der Waals surface area contributed by atoms with Gasteiger partial charge in [-0.3, -0.25) is 4.79 Å². The van der Waals surface area contributed by atoms with Gasteiger partial charge in [-0.1, -0.05) is 6.07 Å². The summed E-state index contributed by atoms with van der Waals surface area (Å²) in [6.07, 6.45) is 0.951. The average molecular weight is 406 g/mol. The number of hydrogen-bond donors (Lipinski definition) is 3. The van der Waals surface area contributed by atoms with Crippen molar-refractivity contribution in [2.24, 2.45) is 0 Å². The first-order chi connectivity index (χ1) is 12.1. The molecular weight excluding hydrogens is 390 g/mol. The van der Waals surface area contributed by atoms with Crippen molar-refractivity contribution in [3.05, 3.63) is 45.2 Å². The van der Waals surface area contributed by atoms with Crippen LogP contribution in [-0.2, 0) is 13.0 Å². The van der Waals surface area contributed by atoms with Crippen LogP contribution in [0.2, 0.25) is 0 Å². The SMILES string of the molecule is C[NH+]1CCc2nc3sc4c(O)cc(=O)[nH]c4c3c(-c3cccs3)c2C1.[Cl-]. The maximum atomic E-state index is 12.0. The molecule has 0 amide bonds. The highest BCUT2D eigenvalue weighted by molar-refractivity contribution is 7.26. The van der Waals surface area contributed by atoms with Gasteiger partial charge in [-0.25, -0.2) is 4.98 Å². The summed E-state index contributed by atoms with van der Waals surface area (Å²) in [6, 6.07) is 5.40. The van der Waals surface area contributed by atoms with Gasteiger partial charge in [0, 0.05) is 33.9 Å². The molecule has 5 nitrogen and oxygen atoms in total. The number of hydrogen-bond acceptors (Lipinski definition) is 5. The third-order valence-corrected chi connectivity index (χ3v) is 6.80. The topological polar surface area (TPSA) is 70.4 Å². The fraction of sp³-hybridized carbons (Fsp3) is 0.222. The molecule has 3 N–H and O–H groups in total. The second kappa shape index (κ2) is 6.35. The molecule has 1 atom stereocenters. The number of aromatic hydroxyl groups is 1. The minimum atomic E-state index is -0.290. The zero-order valence-corrected chi connectivity index (χ0v) is 16.3. The summed E-state index contributed by atoms with van der Waals surface area (Å²) in [5, 5.41) is 13.3. The van der Waals surface area contributed by atoms with E-state index in [0.29, 0.717) is 10.2 Å². The molecule has 134 valence electrons. The Labute approximate surface area is 163 Å². The quantitative estimate of drug-likeness (QED) is 0.386. The van der Waals surface area contributed by atoms with E-state index in [-0.39, 0.29) is 23.7 Å². The summed E-state index contributed by atoms with van der Waals surface area (Å²) in [4.78, 5) is 23.3. The number of halogens is 1. The fourth-order valence-electron chi connectivity index (χ4n) is 3.68. The number of quaternary nitrogens is 1. The summed E-state index contributed by atoms with van der Waals surface area (Å²) in [5.74, 6) is 0.0274. The minimum absolute atomic E-state index is 0. The molecule has 8 heteroatoms. The number of aromatic nitrogens is 2. The van der Waals surface area contributed by atoms with Crippen LogP contribution in [0, 0.1) is 0 Å². The molecule has 0 saturated heterocycles. The van der Waals surface area contributed by atoms with Crippen molar-refractivity contribution < 1.29 is 22.4 Å². The Balaban J connectivity index is 0.00000168. The van der Waals surface area contributed by atoms with E-state index < -0.39 is 0 Å². The van der Waals surface area contributed by atoms with Crippen LogP contribution >= 0.6 is 22.7 Å². The van der Waals surface area contributed by atoms with Crippen LogP contribution in [-0.4, -0.2) is 28.7 Å². The van der Waals surface area contributed by atoms with Gasteiger partial charge in [0.1, 0.15) is 17.1 Å². The van der Waals surface area contributed by atoms with Crippen LogP contribution in [0.3, 0.4) is 0 Å². The van der Waals surface area contributed by atoms with Crippen molar-refractivity contribution >= 4 is 43.1 Å². The molecule has 5 rings (SSSR count). The van der Waals surface area contributed by atoms with Crippen molar-refractivity contribution in [3.63, 3.8) is 0 Å². The molecule has 1 aliphatic rings. The molecule has 0 saturated carbocycles. The largest absolute Gasteiger partial charge is 1.00 e. The zero-order chi connectivity index (χ0) is 17.1. The molecule has 0 spiro atoms. The smallest absolute Gasteiger partial charge is 0.252 e. The van der Waals surface area contributed by atoms with E-state index in [0.717, 1.165) is 35.4 Å². The normalized spacial score (nSPS) is 16.6. The number of aromatic amines is 1. The molecule has 4 aromatic rings. The lowest BCUT2D eigenvalue weighted by atomic mass is 9.96. The number of fused-ring (bicyclic) bond motifs is 4. The zero-order valence-electron chi connectivity index (χ0n) is 13.9. The van der Waals surface area contributed by atoms with Crippen LogP contribution < -0.4 is 22.9 Å². The number of pyridine rings is 2. The summed E-state index contributed by atoms with van der Waals surface area (Å²) >= 11 is 3.15. The Morgan fingerprint density at radius 2 is 2.23 bits per heavy atom. The Bertz CT molecular complexity index is 1180. The molecular formula is C18H16ClN3O2S2. The summed E-state index contributed by atoms with van der Waals surface area (Å²) in [7, 11) is 2.20. The lowest BCUT2D eigenvalue weighted by molar-refractivity contribution is -0.895. The predicted octanol–water partition coefficient (Wildman–Crippen LogP) is -0.853. The Morgan fingerprint density at radius 3 is 3.00 bits per heavy atom. The molecule has 0 fully saturated rings. The average Bonchev–Trinajstić information content (AvgIpc) is 3.21. The van der Waals surface area contributed by atoms with E-state index in [1.165, 1.54) is 38.3 Å². The lowest BCUT2D eigenvalue weighted by Gasteiger charge is -2.24. The Kier molecular flexibility index (Phi) is 4.27. The molecule has 0 bridgehead atoms. The van der Waals surface area contributed by atoms with Gasteiger partial charge in [0.15, 0.2) is 0 Å².